The molecular formula is C13H8F2N4O2S. The van der Waals surface area contributed by atoms with Crippen molar-refractivity contribution in [2.75, 3.05) is 0 Å². The summed E-state index contributed by atoms with van der Waals surface area (Å²) in [5.41, 5.74) is 0.537. The third-order valence-corrected chi connectivity index (χ3v) is 4.26. The average molecular weight is 322 g/mol. The minimum Gasteiger partial charge on any atom is -0.454 e. The van der Waals surface area contributed by atoms with Gasteiger partial charge in [0.1, 0.15) is 11.3 Å². The molecule has 0 radical (unpaired) electrons. The van der Waals surface area contributed by atoms with Crippen LogP contribution in [0.5, 0.6) is 0 Å². The molecule has 22 heavy (non-hydrogen) atoms. The van der Waals surface area contributed by atoms with Crippen LogP contribution in [0.2, 0.25) is 0 Å². The molecule has 0 aliphatic heterocycles. The molecule has 0 fully saturated rings. The van der Waals surface area contributed by atoms with Crippen molar-refractivity contribution < 1.29 is 13.2 Å². The minimum atomic E-state index is -3.03. The van der Waals surface area contributed by atoms with Gasteiger partial charge >= 0.3 is 0 Å². The number of alkyl halides is 2. The number of pyridine rings is 1. The highest BCUT2D eigenvalue weighted by atomic mass is 32.1. The van der Waals surface area contributed by atoms with Gasteiger partial charge in [0, 0.05) is 13.1 Å². The van der Waals surface area contributed by atoms with Gasteiger partial charge in [-0.1, -0.05) is 11.3 Å². The summed E-state index contributed by atoms with van der Waals surface area (Å²) >= 11 is 0.811. The van der Waals surface area contributed by atoms with Crippen LogP contribution in [0.3, 0.4) is 0 Å². The van der Waals surface area contributed by atoms with Crippen molar-refractivity contribution in [2.24, 2.45) is 0 Å². The highest BCUT2D eigenvalue weighted by molar-refractivity contribution is 7.16. The number of imidazole rings is 1. The highest BCUT2D eigenvalue weighted by Crippen LogP contribution is 2.33. The maximum atomic E-state index is 13.4. The summed E-state index contributed by atoms with van der Waals surface area (Å²) in [5, 5.41) is 3.94. The molecule has 0 atom stereocenters. The maximum Gasteiger partial charge on any atom is 0.298 e. The van der Waals surface area contributed by atoms with E-state index in [1.807, 2.05) is 0 Å². The van der Waals surface area contributed by atoms with E-state index in [4.69, 9.17) is 4.42 Å². The number of rotatable bonds is 2. The van der Waals surface area contributed by atoms with Crippen LogP contribution in [0.15, 0.2) is 33.7 Å². The Labute approximate surface area is 125 Å². The lowest BCUT2D eigenvalue weighted by Gasteiger charge is -2.03. The first kappa shape index (κ1) is 13.1. The molecule has 9 heteroatoms. The summed E-state index contributed by atoms with van der Waals surface area (Å²) < 4.78 is 33.6. The van der Waals surface area contributed by atoms with E-state index in [0.29, 0.717) is 27.4 Å². The molecule has 4 aromatic heterocycles. The zero-order valence-corrected chi connectivity index (χ0v) is 11.9. The van der Waals surface area contributed by atoms with Crippen LogP contribution in [-0.4, -0.2) is 19.6 Å². The molecule has 4 rings (SSSR count). The first-order valence-corrected chi connectivity index (χ1v) is 7.09. The van der Waals surface area contributed by atoms with Crippen molar-refractivity contribution >= 4 is 27.3 Å². The van der Waals surface area contributed by atoms with Crippen molar-refractivity contribution in [1.82, 2.24) is 19.6 Å². The molecule has 112 valence electrons. The number of hydrogen-bond donors (Lipinski definition) is 1. The third kappa shape index (κ3) is 1.86. The van der Waals surface area contributed by atoms with Gasteiger partial charge in [0.15, 0.2) is 10.8 Å². The van der Waals surface area contributed by atoms with E-state index in [1.54, 1.807) is 12.1 Å². The second-order valence-corrected chi connectivity index (χ2v) is 5.78. The molecule has 0 amide bonds. The molecule has 0 saturated heterocycles. The van der Waals surface area contributed by atoms with Gasteiger partial charge in [-0.25, -0.2) is 4.98 Å². The van der Waals surface area contributed by atoms with Crippen molar-refractivity contribution in [1.29, 1.82) is 0 Å². The number of fused-ring (bicyclic) bond motifs is 2. The summed E-state index contributed by atoms with van der Waals surface area (Å²) in [7, 11) is 0. The Balaban J connectivity index is 1.94. The van der Waals surface area contributed by atoms with E-state index in [1.165, 1.54) is 16.9 Å². The summed E-state index contributed by atoms with van der Waals surface area (Å²) in [6.45, 7) is 0.783. The van der Waals surface area contributed by atoms with Gasteiger partial charge in [-0.3, -0.25) is 4.79 Å². The fourth-order valence-corrected chi connectivity index (χ4v) is 2.95. The molecule has 0 spiro atoms. The zero-order chi connectivity index (χ0) is 15.5. The number of aromatic nitrogens is 4. The first-order valence-electron chi connectivity index (χ1n) is 6.28. The maximum absolute atomic E-state index is 13.4. The van der Waals surface area contributed by atoms with E-state index in [9.17, 15) is 13.6 Å². The van der Waals surface area contributed by atoms with E-state index in [0.717, 1.165) is 18.3 Å². The fraction of sp³-hybridized carbons (Fsp3) is 0.154. The topological polar surface area (TPSA) is 76.2 Å². The highest BCUT2D eigenvalue weighted by Gasteiger charge is 2.30. The number of hydrogen-bond acceptors (Lipinski definition) is 5. The Kier molecular flexibility index (Phi) is 2.52. The lowest BCUT2D eigenvalue weighted by atomic mass is 10.3. The number of aromatic amines is 1. The summed E-state index contributed by atoms with van der Waals surface area (Å²) in [4.78, 5) is 18.6. The SMILES string of the molecule is CC(F)(F)c1nn2c(-c3cc4c(=O)[nH]ccc4o3)cnc2s1. The quantitative estimate of drug-likeness (QED) is 0.615. The molecule has 6 nitrogen and oxygen atoms in total. The van der Waals surface area contributed by atoms with E-state index >= 15 is 0 Å². The first-order chi connectivity index (χ1) is 10.4. The molecule has 1 N–H and O–H groups in total. The Morgan fingerprint density at radius 2 is 2.27 bits per heavy atom. The van der Waals surface area contributed by atoms with Gasteiger partial charge in [-0.05, 0) is 12.1 Å². The Morgan fingerprint density at radius 3 is 3.00 bits per heavy atom. The van der Waals surface area contributed by atoms with Crippen LogP contribution >= 0.6 is 11.3 Å². The number of halogens is 2. The Bertz CT molecular complexity index is 1050. The minimum absolute atomic E-state index is 0.285. The number of H-pyrrole nitrogens is 1. The van der Waals surface area contributed by atoms with Gasteiger partial charge < -0.3 is 9.40 Å². The predicted molar refractivity (Wildman–Crippen MR) is 76.3 cm³/mol. The fourth-order valence-electron chi connectivity index (χ4n) is 2.14. The van der Waals surface area contributed by atoms with Crippen molar-refractivity contribution in [2.45, 2.75) is 12.8 Å². The largest absolute Gasteiger partial charge is 0.454 e. The monoisotopic (exact) mass is 322 g/mol. The van der Waals surface area contributed by atoms with Crippen LogP contribution in [-0.2, 0) is 5.92 Å². The second-order valence-electron chi connectivity index (χ2n) is 4.83. The normalized spacial score (nSPS) is 12.5. The molecular weight excluding hydrogens is 314 g/mol. The van der Waals surface area contributed by atoms with Gasteiger partial charge in [-0.2, -0.15) is 18.4 Å². The standard InChI is InChI=1S/C13H8F2N4O2S/c1-13(14,15)11-18-19-7(5-17-12(19)22-11)9-4-6-8(21-9)2-3-16-10(6)20/h2-5H,1H3,(H,16,20). The van der Waals surface area contributed by atoms with Crippen molar-refractivity contribution in [3.8, 4) is 11.5 Å². The summed E-state index contributed by atoms with van der Waals surface area (Å²) in [6.07, 6.45) is 2.95. The van der Waals surface area contributed by atoms with E-state index in [-0.39, 0.29) is 10.6 Å². The van der Waals surface area contributed by atoms with Crippen LogP contribution in [0.25, 0.3) is 27.4 Å². The predicted octanol–water partition coefficient (Wildman–Crippen LogP) is 3.00. The third-order valence-electron chi connectivity index (χ3n) is 3.17. The average Bonchev–Trinajstić information content (AvgIpc) is 3.09. The molecule has 4 heterocycles. The summed E-state index contributed by atoms with van der Waals surface area (Å²) in [6, 6.07) is 3.16. The van der Waals surface area contributed by atoms with Gasteiger partial charge in [0.05, 0.1) is 11.6 Å². The van der Waals surface area contributed by atoms with E-state index < -0.39 is 5.92 Å². The van der Waals surface area contributed by atoms with Crippen LogP contribution in [0.4, 0.5) is 8.78 Å². The van der Waals surface area contributed by atoms with Gasteiger partial charge in [0.25, 0.3) is 11.5 Å². The Morgan fingerprint density at radius 1 is 1.45 bits per heavy atom. The molecule has 0 unspecified atom stereocenters. The molecule has 0 aliphatic rings. The smallest absolute Gasteiger partial charge is 0.298 e. The molecule has 4 aromatic rings. The van der Waals surface area contributed by atoms with Crippen LogP contribution in [0.1, 0.15) is 11.9 Å². The van der Waals surface area contributed by atoms with Crippen molar-refractivity contribution in [3.05, 3.63) is 39.9 Å². The van der Waals surface area contributed by atoms with Gasteiger partial charge in [0.2, 0.25) is 4.96 Å². The van der Waals surface area contributed by atoms with Gasteiger partial charge in [-0.15, -0.1) is 0 Å². The van der Waals surface area contributed by atoms with Crippen LogP contribution in [0, 0.1) is 0 Å². The number of furan rings is 1. The lowest BCUT2D eigenvalue weighted by molar-refractivity contribution is 0.0163. The second kappa shape index (κ2) is 4.23. The number of nitrogens with one attached hydrogen (secondary N) is 1. The molecule has 0 aliphatic carbocycles. The summed E-state index contributed by atoms with van der Waals surface area (Å²) in [5.74, 6) is -2.69. The molecule has 0 saturated carbocycles. The van der Waals surface area contributed by atoms with Crippen molar-refractivity contribution in [3.63, 3.8) is 0 Å². The van der Waals surface area contributed by atoms with Crippen LogP contribution < -0.4 is 5.56 Å². The zero-order valence-electron chi connectivity index (χ0n) is 11.1. The van der Waals surface area contributed by atoms with E-state index in [2.05, 4.69) is 15.1 Å². The number of nitrogens with zero attached hydrogens (tertiary/aromatic N) is 3. The lowest BCUT2D eigenvalue weighted by Crippen LogP contribution is -2.07. The molecule has 0 bridgehead atoms. The Hall–Kier alpha value is -2.55. The molecule has 0 aromatic carbocycles.